The molecule has 0 aromatic heterocycles. The third-order valence-corrected chi connectivity index (χ3v) is 2.13. The lowest BCUT2D eigenvalue weighted by Gasteiger charge is -2.06. The Hall–Kier alpha value is -2.54. The zero-order valence-corrected chi connectivity index (χ0v) is 9.90. The number of benzene rings is 1. The molecule has 0 spiro atoms. The molecular formula is C14H14N2O2. The van der Waals surface area contributed by atoms with E-state index >= 15 is 0 Å². The van der Waals surface area contributed by atoms with Crippen molar-refractivity contribution in [2.24, 2.45) is 0 Å². The van der Waals surface area contributed by atoms with Crippen LogP contribution in [0.3, 0.4) is 0 Å². The molecule has 4 heteroatoms. The molecule has 0 saturated heterocycles. The summed E-state index contributed by atoms with van der Waals surface area (Å²) < 4.78 is 0. The standard InChI is InChI=1S/C14H14N2O2/c1-3-5-9-15-14(18)11-7-6-8-12(10-11)16-13(17)4-2/h1,4,6-8,10H,2,5,9H2,(H,15,18)(H,16,17). The van der Waals surface area contributed by atoms with Crippen molar-refractivity contribution in [3.8, 4) is 12.3 Å². The van der Waals surface area contributed by atoms with Gasteiger partial charge in [0, 0.05) is 24.2 Å². The van der Waals surface area contributed by atoms with E-state index in [1.165, 1.54) is 6.08 Å². The summed E-state index contributed by atoms with van der Waals surface area (Å²) in [5.41, 5.74) is 1.01. The number of carbonyl (C=O) groups excluding carboxylic acids is 2. The third-order valence-electron chi connectivity index (χ3n) is 2.13. The van der Waals surface area contributed by atoms with Crippen LogP contribution in [0.4, 0.5) is 5.69 Å². The molecule has 0 bridgehead atoms. The van der Waals surface area contributed by atoms with Crippen LogP contribution in [-0.2, 0) is 4.79 Å². The molecule has 0 atom stereocenters. The second-order valence-electron chi connectivity index (χ2n) is 3.48. The minimum absolute atomic E-state index is 0.222. The topological polar surface area (TPSA) is 58.2 Å². The number of terminal acetylenes is 1. The smallest absolute Gasteiger partial charge is 0.251 e. The lowest BCUT2D eigenvalue weighted by molar-refractivity contribution is -0.111. The highest BCUT2D eigenvalue weighted by atomic mass is 16.2. The summed E-state index contributed by atoms with van der Waals surface area (Å²) >= 11 is 0. The molecule has 18 heavy (non-hydrogen) atoms. The number of hydrogen-bond donors (Lipinski definition) is 2. The molecule has 0 radical (unpaired) electrons. The molecular weight excluding hydrogens is 228 g/mol. The van der Waals surface area contributed by atoms with Crippen molar-refractivity contribution < 1.29 is 9.59 Å². The van der Waals surface area contributed by atoms with Crippen LogP contribution >= 0.6 is 0 Å². The number of rotatable bonds is 5. The molecule has 0 aliphatic carbocycles. The molecule has 2 N–H and O–H groups in total. The van der Waals surface area contributed by atoms with Crippen LogP contribution in [0.15, 0.2) is 36.9 Å². The summed E-state index contributed by atoms with van der Waals surface area (Å²) in [5.74, 6) is 1.89. The zero-order chi connectivity index (χ0) is 13.4. The predicted molar refractivity (Wildman–Crippen MR) is 71.1 cm³/mol. The summed E-state index contributed by atoms with van der Waals surface area (Å²) in [5, 5.41) is 5.26. The van der Waals surface area contributed by atoms with E-state index in [0.29, 0.717) is 24.2 Å². The molecule has 0 heterocycles. The summed E-state index contributed by atoms with van der Waals surface area (Å²) in [4.78, 5) is 22.8. The molecule has 1 rings (SSSR count). The van der Waals surface area contributed by atoms with Gasteiger partial charge in [0.25, 0.3) is 5.91 Å². The van der Waals surface area contributed by atoms with E-state index in [0.717, 1.165) is 0 Å². The Morgan fingerprint density at radius 2 is 2.22 bits per heavy atom. The maximum Gasteiger partial charge on any atom is 0.251 e. The lowest BCUT2D eigenvalue weighted by atomic mass is 10.2. The fourth-order valence-electron chi connectivity index (χ4n) is 1.28. The molecule has 0 aliphatic heterocycles. The number of amides is 2. The van der Waals surface area contributed by atoms with Crippen molar-refractivity contribution in [1.82, 2.24) is 5.32 Å². The lowest BCUT2D eigenvalue weighted by Crippen LogP contribution is -2.24. The molecule has 92 valence electrons. The first kappa shape index (κ1) is 13.5. The van der Waals surface area contributed by atoms with Gasteiger partial charge in [-0.25, -0.2) is 0 Å². The third kappa shape index (κ3) is 4.14. The Bertz CT molecular complexity index is 501. The van der Waals surface area contributed by atoms with Gasteiger partial charge in [0.15, 0.2) is 0 Å². The van der Waals surface area contributed by atoms with Crippen molar-refractivity contribution in [1.29, 1.82) is 0 Å². The van der Waals surface area contributed by atoms with E-state index in [-0.39, 0.29) is 11.8 Å². The quantitative estimate of drug-likeness (QED) is 0.467. The maximum atomic E-state index is 11.7. The van der Waals surface area contributed by atoms with Gasteiger partial charge in [-0.15, -0.1) is 12.3 Å². The van der Waals surface area contributed by atoms with Crippen LogP contribution in [0.1, 0.15) is 16.8 Å². The number of nitrogens with one attached hydrogen (secondary N) is 2. The van der Waals surface area contributed by atoms with Gasteiger partial charge in [-0.05, 0) is 24.3 Å². The SMILES string of the molecule is C#CCCNC(=O)c1cccc(NC(=O)C=C)c1. The average Bonchev–Trinajstić information content (AvgIpc) is 2.39. The van der Waals surface area contributed by atoms with Gasteiger partial charge >= 0.3 is 0 Å². The maximum absolute atomic E-state index is 11.7. The molecule has 0 fully saturated rings. The van der Waals surface area contributed by atoms with Crippen LogP contribution in [-0.4, -0.2) is 18.4 Å². The second kappa shape index (κ2) is 6.92. The molecule has 1 aromatic carbocycles. The fourth-order valence-corrected chi connectivity index (χ4v) is 1.28. The van der Waals surface area contributed by atoms with Gasteiger partial charge in [-0.3, -0.25) is 9.59 Å². The van der Waals surface area contributed by atoms with E-state index in [1.54, 1.807) is 24.3 Å². The van der Waals surface area contributed by atoms with Gasteiger partial charge in [0.1, 0.15) is 0 Å². The first-order chi connectivity index (χ1) is 8.67. The Morgan fingerprint density at radius 1 is 1.44 bits per heavy atom. The normalized spacial score (nSPS) is 9.06. The van der Waals surface area contributed by atoms with Gasteiger partial charge < -0.3 is 10.6 Å². The van der Waals surface area contributed by atoms with Gasteiger partial charge in [0.2, 0.25) is 5.91 Å². The van der Waals surface area contributed by atoms with E-state index in [2.05, 4.69) is 23.1 Å². The van der Waals surface area contributed by atoms with Crippen molar-refractivity contribution in [2.45, 2.75) is 6.42 Å². The Morgan fingerprint density at radius 3 is 2.89 bits per heavy atom. The van der Waals surface area contributed by atoms with E-state index in [1.807, 2.05) is 0 Å². The van der Waals surface area contributed by atoms with E-state index in [9.17, 15) is 9.59 Å². The summed E-state index contributed by atoms with van der Waals surface area (Å²) in [7, 11) is 0. The molecule has 2 amide bonds. The van der Waals surface area contributed by atoms with Gasteiger partial charge in [0.05, 0.1) is 0 Å². The van der Waals surface area contributed by atoms with Crippen LogP contribution in [0.5, 0.6) is 0 Å². The molecule has 0 unspecified atom stereocenters. The molecule has 1 aromatic rings. The minimum atomic E-state index is -0.320. The summed E-state index contributed by atoms with van der Waals surface area (Å²) in [6.45, 7) is 3.78. The predicted octanol–water partition coefficient (Wildman–Crippen LogP) is 1.56. The van der Waals surface area contributed by atoms with E-state index < -0.39 is 0 Å². The van der Waals surface area contributed by atoms with Crippen LogP contribution in [0.2, 0.25) is 0 Å². The van der Waals surface area contributed by atoms with Crippen LogP contribution in [0, 0.1) is 12.3 Å². The van der Waals surface area contributed by atoms with Gasteiger partial charge in [-0.2, -0.15) is 0 Å². The minimum Gasteiger partial charge on any atom is -0.351 e. The first-order valence-electron chi connectivity index (χ1n) is 5.42. The monoisotopic (exact) mass is 242 g/mol. The molecule has 0 aliphatic rings. The molecule has 0 saturated carbocycles. The largest absolute Gasteiger partial charge is 0.351 e. The second-order valence-corrected chi connectivity index (χ2v) is 3.48. The number of carbonyl (C=O) groups is 2. The Balaban J connectivity index is 2.69. The first-order valence-corrected chi connectivity index (χ1v) is 5.42. The Labute approximate surface area is 106 Å². The highest BCUT2D eigenvalue weighted by molar-refractivity contribution is 6.00. The summed E-state index contributed by atoms with van der Waals surface area (Å²) in [6.07, 6.45) is 6.74. The Kier molecular flexibility index (Phi) is 5.20. The average molecular weight is 242 g/mol. The zero-order valence-electron chi connectivity index (χ0n) is 9.90. The van der Waals surface area contributed by atoms with Crippen molar-refractivity contribution in [3.05, 3.63) is 42.5 Å². The molecule has 4 nitrogen and oxygen atoms in total. The number of hydrogen-bond acceptors (Lipinski definition) is 2. The highest BCUT2D eigenvalue weighted by Gasteiger charge is 2.05. The van der Waals surface area contributed by atoms with Crippen LogP contribution in [0.25, 0.3) is 0 Å². The van der Waals surface area contributed by atoms with Crippen molar-refractivity contribution >= 4 is 17.5 Å². The summed E-state index contributed by atoms with van der Waals surface area (Å²) in [6, 6.07) is 6.63. The highest BCUT2D eigenvalue weighted by Crippen LogP contribution is 2.10. The number of anilines is 1. The van der Waals surface area contributed by atoms with Crippen LogP contribution < -0.4 is 10.6 Å². The fraction of sp³-hybridized carbons (Fsp3) is 0.143. The van der Waals surface area contributed by atoms with Crippen molar-refractivity contribution in [2.75, 3.05) is 11.9 Å². The van der Waals surface area contributed by atoms with Crippen molar-refractivity contribution in [3.63, 3.8) is 0 Å². The van der Waals surface area contributed by atoms with E-state index in [4.69, 9.17) is 6.42 Å². The van der Waals surface area contributed by atoms with Gasteiger partial charge in [-0.1, -0.05) is 12.6 Å².